The van der Waals surface area contributed by atoms with Crippen molar-refractivity contribution in [2.45, 2.75) is 0 Å². The molecule has 3 N–H and O–H groups in total. The third-order valence-corrected chi connectivity index (χ3v) is 2.89. The fourth-order valence-corrected chi connectivity index (χ4v) is 1.86. The predicted octanol–water partition coefficient (Wildman–Crippen LogP) is 0.320. The van der Waals surface area contributed by atoms with E-state index in [1.165, 1.54) is 0 Å². The van der Waals surface area contributed by atoms with Crippen molar-refractivity contribution in [3.05, 3.63) is 41.1 Å². The molecule has 0 saturated carbocycles. The molecule has 2 rings (SSSR count). The van der Waals surface area contributed by atoms with Crippen LogP contribution in [0.4, 0.5) is 14.5 Å². The van der Waals surface area contributed by atoms with E-state index in [0.717, 1.165) is 11.0 Å². The molecule has 2 amide bonds. The van der Waals surface area contributed by atoms with Crippen molar-refractivity contribution in [3.63, 3.8) is 0 Å². The van der Waals surface area contributed by atoms with Gasteiger partial charge in [-0.3, -0.25) is 14.5 Å². The van der Waals surface area contributed by atoms with Gasteiger partial charge in [-0.15, -0.1) is 0 Å². The number of aromatic carboxylic acids is 1. The van der Waals surface area contributed by atoms with Gasteiger partial charge < -0.3 is 15.5 Å². The number of imide groups is 1. The zero-order chi connectivity index (χ0) is 16.4. The third kappa shape index (κ3) is 2.79. The van der Waals surface area contributed by atoms with E-state index in [9.17, 15) is 23.2 Å². The minimum Gasteiger partial charge on any atom is -0.478 e. The molecule has 22 heavy (non-hydrogen) atoms. The van der Waals surface area contributed by atoms with Crippen LogP contribution in [0.3, 0.4) is 0 Å². The van der Waals surface area contributed by atoms with Gasteiger partial charge in [-0.25, -0.2) is 13.6 Å². The lowest BCUT2D eigenvalue weighted by Gasteiger charge is -2.14. The number of benzene rings is 1. The largest absolute Gasteiger partial charge is 0.478 e. The summed E-state index contributed by atoms with van der Waals surface area (Å²) in [5.74, 6) is -5.50. The average Bonchev–Trinajstić information content (AvgIpc) is 2.69. The third-order valence-electron chi connectivity index (χ3n) is 2.89. The number of nitrogens with one attached hydrogen (secondary N) is 1. The van der Waals surface area contributed by atoms with Crippen molar-refractivity contribution >= 4 is 23.5 Å². The first kappa shape index (κ1) is 15.6. The average molecular weight is 312 g/mol. The molecule has 0 radical (unpaired) electrons. The first-order valence-electron chi connectivity index (χ1n) is 6.03. The number of carboxylic acid groups (broad SMARTS) is 1. The molecule has 0 saturated heterocycles. The summed E-state index contributed by atoms with van der Waals surface area (Å²) in [6.07, 6.45) is 0.876. The molecular formula is C13H10F2N2O5. The lowest BCUT2D eigenvalue weighted by Crippen LogP contribution is -2.34. The second-order valence-electron chi connectivity index (χ2n) is 4.32. The molecule has 1 aromatic rings. The number of anilines is 1. The number of carbonyl (C=O) groups is 3. The monoisotopic (exact) mass is 312 g/mol. The van der Waals surface area contributed by atoms with Gasteiger partial charge in [-0.1, -0.05) is 0 Å². The number of halogens is 2. The van der Waals surface area contributed by atoms with Crippen LogP contribution in [0, 0.1) is 11.6 Å². The summed E-state index contributed by atoms with van der Waals surface area (Å²) in [5.41, 5.74) is -1.55. The molecule has 0 atom stereocenters. The molecule has 0 aliphatic carbocycles. The Balaban J connectivity index is 2.30. The molecule has 1 aromatic carbocycles. The number of amides is 2. The van der Waals surface area contributed by atoms with Gasteiger partial charge in [0.05, 0.1) is 24.4 Å². The van der Waals surface area contributed by atoms with E-state index in [2.05, 4.69) is 5.32 Å². The molecule has 9 heteroatoms. The SMILES string of the molecule is O=C(O)c1cc(NC2=CC(=O)N(CCO)C2=O)c(F)cc1F. The van der Waals surface area contributed by atoms with Crippen molar-refractivity contribution in [2.24, 2.45) is 0 Å². The fourth-order valence-electron chi connectivity index (χ4n) is 1.86. The summed E-state index contributed by atoms with van der Waals surface area (Å²) in [7, 11) is 0. The van der Waals surface area contributed by atoms with Crippen molar-refractivity contribution in [1.29, 1.82) is 0 Å². The highest BCUT2D eigenvalue weighted by Crippen LogP contribution is 2.23. The summed E-state index contributed by atoms with van der Waals surface area (Å²) in [4.78, 5) is 34.9. The summed E-state index contributed by atoms with van der Waals surface area (Å²) in [5, 5.41) is 19.8. The van der Waals surface area contributed by atoms with Crippen LogP contribution in [-0.2, 0) is 9.59 Å². The van der Waals surface area contributed by atoms with E-state index in [0.29, 0.717) is 12.1 Å². The number of aliphatic hydroxyl groups excluding tert-OH is 1. The molecule has 7 nitrogen and oxygen atoms in total. The van der Waals surface area contributed by atoms with Crippen molar-refractivity contribution in [2.75, 3.05) is 18.5 Å². The van der Waals surface area contributed by atoms with Crippen LogP contribution in [0.25, 0.3) is 0 Å². The molecule has 1 aliphatic heterocycles. The topological polar surface area (TPSA) is 107 Å². The number of carboxylic acids is 1. The number of hydrogen-bond donors (Lipinski definition) is 3. The summed E-state index contributed by atoms with van der Waals surface area (Å²) in [6, 6.07) is 1.04. The lowest BCUT2D eigenvalue weighted by molar-refractivity contribution is -0.137. The summed E-state index contributed by atoms with van der Waals surface area (Å²) >= 11 is 0. The van der Waals surface area contributed by atoms with Crippen LogP contribution in [-0.4, -0.2) is 46.0 Å². The Bertz CT molecular complexity index is 702. The zero-order valence-corrected chi connectivity index (χ0v) is 11.0. The second-order valence-corrected chi connectivity index (χ2v) is 4.32. The van der Waals surface area contributed by atoms with Gasteiger partial charge in [-0.05, 0) is 6.07 Å². The van der Waals surface area contributed by atoms with Gasteiger partial charge in [0.15, 0.2) is 0 Å². The summed E-state index contributed by atoms with van der Waals surface area (Å²) < 4.78 is 26.9. The normalized spacial score (nSPS) is 14.3. The second kappa shape index (κ2) is 5.90. The quantitative estimate of drug-likeness (QED) is 0.676. The standard InChI is InChI=1S/C13H10F2N2O5/c14-7-4-8(15)9(3-6(7)13(21)22)16-10-5-11(19)17(1-2-18)12(10)20/h3-5,16,18H,1-2H2,(H,21,22). The first-order valence-corrected chi connectivity index (χ1v) is 6.03. The van der Waals surface area contributed by atoms with Crippen molar-refractivity contribution in [1.82, 2.24) is 4.90 Å². The Kier molecular flexibility index (Phi) is 4.18. The highest BCUT2D eigenvalue weighted by molar-refractivity contribution is 6.17. The van der Waals surface area contributed by atoms with Crippen LogP contribution < -0.4 is 5.32 Å². The van der Waals surface area contributed by atoms with Gasteiger partial charge in [0.1, 0.15) is 17.3 Å². The highest BCUT2D eigenvalue weighted by atomic mass is 19.1. The van der Waals surface area contributed by atoms with E-state index < -0.39 is 47.3 Å². The van der Waals surface area contributed by atoms with Crippen LogP contribution >= 0.6 is 0 Å². The van der Waals surface area contributed by atoms with Crippen LogP contribution in [0.5, 0.6) is 0 Å². The maximum atomic E-state index is 13.6. The lowest BCUT2D eigenvalue weighted by atomic mass is 10.1. The van der Waals surface area contributed by atoms with E-state index >= 15 is 0 Å². The number of aliphatic hydroxyl groups is 1. The Hall–Kier alpha value is -2.81. The van der Waals surface area contributed by atoms with Crippen molar-refractivity contribution < 1.29 is 33.4 Å². The minimum atomic E-state index is -1.61. The molecule has 0 spiro atoms. The smallest absolute Gasteiger partial charge is 0.338 e. The number of carbonyl (C=O) groups excluding carboxylic acids is 2. The zero-order valence-electron chi connectivity index (χ0n) is 11.0. The van der Waals surface area contributed by atoms with Gasteiger partial charge in [0.25, 0.3) is 11.8 Å². The van der Waals surface area contributed by atoms with E-state index in [-0.39, 0.29) is 12.2 Å². The van der Waals surface area contributed by atoms with Crippen LogP contribution in [0.15, 0.2) is 23.9 Å². The molecule has 1 aliphatic rings. The Morgan fingerprint density at radius 1 is 1.23 bits per heavy atom. The molecule has 1 heterocycles. The van der Waals surface area contributed by atoms with E-state index in [4.69, 9.17) is 10.2 Å². The van der Waals surface area contributed by atoms with Crippen LogP contribution in [0.2, 0.25) is 0 Å². The maximum Gasteiger partial charge on any atom is 0.338 e. The van der Waals surface area contributed by atoms with E-state index in [1.807, 2.05) is 0 Å². The van der Waals surface area contributed by atoms with Crippen LogP contribution in [0.1, 0.15) is 10.4 Å². The molecular weight excluding hydrogens is 302 g/mol. The number of hydrogen-bond acceptors (Lipinski definition) is 5. The number of rotatable bonds is 5. The predicted molar refractivity (Wildman–Crippen MR) is 68.8 cm³/mol. The molecule has 0 bridgehead atoms. The molecule has 0 unspecified atom stereocenters. The number of nitrogens with zero attached hydrogens (tertiary/aromatic N) is 1. The van der Waals surface area contributed by atoms with Gasteiger partial charge in [0.2, 0.25) is 0 Å². The Morgan fingerprint density at radius 3 is 2.50 bits per heavy atom. The molecule has 0 fully saturated rings. The highest BCUT2D eigenvalue weighted by Gasteiger charge is 2.31. The summed E-state index contributed by atoms with van der Waals surface area (Å²) in [6.45, 7) is -0.668. The van der Waals surface area contributed by atoms with Crippen molar-refractivity contribution in [3.8, 4) is 0 Å². The Morgan fingerprint density at radius 2 is 1.91 bits per heavy atom. The fraction of sp³-hybridized carbons (Fsp3) is 0.154. The van der Waals surface area contributed by atoms with Gasteiger partial charge >= 0.3 is 5.97 Å². The molecule has 0 aromatic heterocycles. The van der Waals surface area contributed by atoms with Gasteiger partial charge in [-0.2, -0.15) is 0 Å². The van der Waals surface area contributed by atoms with Gasteiger partial charge in [0, 0.05) is 12.1 Å². The van der Waals surface area contributed by atoms with E-state index in [1.54, 1.807) is 0 Å². The first-order chi connectivity index (χ1) is 10.3. The Labute approximate surface area is 122 Å². The molecule has 116 valence electrons. The number of β-amino-alcohol motifs (C(OH)–C–C–N with tert-alkyl or cyclic N) is 1. The minimum absolute atomic E-state index is 0.231. The maximum absolute atomic E-state index is 13.6.